The lowest BCUT2D eigenvalue weighted by molar-refractivity contribution is -0.141. The van der Waals surface area contributed by atoms with Crippen LogP contribution in [-0.4, -0.2) is 13.1 Å². The Balaban J connectivity index is 2.27. The van der Waals surface area contributed by atoms with Crippen LogP contribution in [0.2, 0.25) is 5.02 Å². The smallest absolute Gasteiger partial charge is 0.333 e. The number of ether oxygens (including phenoxy) is 1. The quantitative estimate of drug-likeness (QED) is 0.728. The maximum absolute atomic E-state index is 12.1. The number of methoxy groups -OCH3 is 1. The number of esters is 1. The summed E-state index contributed by atoms with van der Waals surface area (Å²) in [5.74, 6) is -0.314. The van der Waals surface area contributed by atoms with E-state index in [1.807, 2.05) is 24.3 Å². The van der Waals surface area contributed by atoms with Crippen LogP contribution < -0.4 is 5.32 Å². The zero-order chi connectivity index (χ0) is 15.4. The van der Waals surface area contributed by atoms with Gasteiger partial charge in [0.2, 0.25) is 0 Å². The minimum atomic E-state index is -0.520. The van der Waals surface area contributed by atoms with E-state index in [0.29, 0.717) is 5.02 Å². The predicted molar refractivity (Wildman–Crippen MR) is 91.2 cm³/mol. The highest BCUT2D eigenvalue weighted by molar-refractivity contribution is 9.10. The molecule has 1 aromatic carbocycles. The Morgan fingerprint density at radius 2 is 2.19 bits per heavy atom. The van der Waals surface area contributed by atoms with Gasteiger partial charge in [0.05, 0.1) is 12.1 Å². The van der Waals surface area contributed by atoms with Gasteiger partial charge in [0.15, 0.2) is 6.04 Å². The van der Waals surface area contributed by atoms with E-state index in [4.69, 9.17) is 16.3 Å². The first-order valence-corrected chi connectivity index (χ1v) is 8.42. The molecular formula is C15H15BrClNO2S. The van der Waals surface area contributed by atoms with Crippen molar-refractivity contribution in [2.24, 2.45) is 0 Å². The summed E-state index contributed by atoms with van der Waals surface area (Å²) in [6, 6.07) is 8.92. The lowest BCUT2D eigenvalue weighted by Gasteiger charge is -2.16. The molecule has 1 unspecified atom stereocenters. The Bertz CT molecular complexity index is 644. The maximum atomic E-state index is 12.1. The molecule has 0 saturated heterocycles. The van der Waals surface area contributed by atoms with E-state index in [9.17, 15) is 4.79 Å². The fourth-order valence-electron chi connectivity index (χ4n) is 1.86. The first-order valence-electron chi connectivity index (χ1n) is 6.43. The van der Waals surface area contributed by atoms with Gasteiger partial charge in [0.1, 0.15) is 0 Å². The molecule has 0 amide bonds. The molecule has 1 heterocycles. The van der Waals surface area contributed by atoms with Gasteiger partial charge >= 0.3 is 5.97 Å². The van der Waals surface area contributed by atoms with E-state index in [1.54, 1.807) is 17.4 Å². The zero-order valence-electron chi connectivity index (χ0n) is 11.7. The van der Waals surface area contributed by atoms with E-state index in [-0.39, 0.29) is 5.97 Å². The molecule has 6 heteroatoms. The van der Waals surface area contributed by atoms with E-state index >= 15 is 0 Å². The van der Waals surface area contributed by atoms with Crippen molar-refractivity contribution in [2.45, 2.75) is 19.4 Å². The predicted octanol–water partition coefficient (Wildman–Crippen LogP) is 5.05. The van der Waals surface area contributed by atoms with Crippen molar-refractivity contribution < 1.29 is 9.53 Å². The molecule has 0 saturated carbocycles. The van der Waals surface area contributed by atoms with Crippen molar-refractivity contribution in [1.29, 1.82) is 0 Å². The van der Waals surface area contributed by atoms with E-state index < -0.39 is 6.04 Å². The van der Waals surface area contributed by atoms with Gasteiger partial charge in [0, 0.05) is 19.9 Å². The van der Waals surface area contributed by atoms with Crippen LogP contribution in [0.5, 0.6) is 0 Å². The second kappa shape index (κ2) is 7.29. The summed E-state index contributed by atoms with van der Waals surface area (Å²) < 4.78 is 5.68. The molecule has 1 aromatic heterocycles. The molecule has 1 atom stereocenters. The molecule has 2 rings (SSSR count). The van der Waals surface area contributed by atoms with Gasteiger partial charge in [-0.1, -0.05) is 18.5 Å². The lowest BCUT2D eigenvalue weighted by atomic mass is 10.2. The number of rotatable bonds is 5. The highest BCUT2D eigenvalue weighted by atomic mass is 79.9. The standard InChI is InChI=1S/C15H15BrClNO2S/c1-3-10-5-7-13(21-10)14(15(19)20-2)18-9-4-6-12(17)11(16)8-9/h4-8,14,18H,3H2,1-2H3. The van der Waals surface area contributed by atoms with E-state index in [2.05, 4.69) is 28.2 Å². The van der Waals surface area contributed by atoms with Crippen LogP contribution in [0, 0.1) is 0 Å². The topological polar surface area (TPSA) is 38.3 Å². The zero-order valence-corrected chi connectivity index (χ0v) is 14.8. The number of hydrogen-bond acceptors (Lipinski definition) is 4. The Morgan fingerprint density at radius 3 is 2.76 bits per heavy atom. The number of nitrogens with one attached hydrogen (secondary N) is 1. The van der Waals surface area contributed by atoms with Crippen LogP contribution in [0.15, 0.2) is 34.8 Å². The third-order valence-corrected chi connectivity index (χ3v) is 5.49. The van der Waals surface area contributed by atoms with Crippen LogP contribution in [0.4, 0.5) is 5.69 Å². The molecule has 0 aliphatic heterocycles. The van der Waals surface area contributed by atoms with Crippen molar-refractivity contribution in [3.63, 3.8) is 0 Å². The number of carbonyl (C=O) groups is 1. The monoisotopic (exact) mass is 387 g/mol. The molecule has 1 N–H and O–H groups in total. The normalized spacial score (nSPS) is 12.0. The van der Waals surface area contributed by atoms with Crippen LogP contribution in [0.1, 0.15) is 22.7 Å². The molecule has 0 radical (unpaired) electrons. The van der Waals surface area contributed by atoms with Crippen molar-refractivity contribution in [2.75, 3.05) is 12.4 Å². The highest BCUT2D eigenvalue weighted by Crippen LogP contribution is 2.31. The lowest BCUT2D eigenvalue weighted by Crippen LogP contribution is -2.21. The SMILES string of the molecule is CCc1ccc(C(Nc2ccc(Cl)c(Br)c2)C(=O)OC)s1. The Hall–Kier alpha value is -1.04. The van der Waals surface area contributed by atoms with Crippen molar-refractivity contribution in [3.8, 4) is 0 Å². The molecule has 0 aliphatic rings. The average Bonchev–Trinajstić information content (AvgIpc) is 2.96. The molecule has 0 fully saturated rings. The van der Waals surface area contributed by atoms with Gasteiger partial charge in [0.25, 0.3) is 0 Å². The Kier molecular flexibility index (Phi) is 5.67. The summed E-state index contributed by atoms with van der Waals surface area (Å²) in [6.45, 7) is 2.09. The van der Waals surface area contributed by atoms with Gasteiger partial charge in [-0.15, -0.1) is 11.3 Å². The average molecular weight is 389 g/mol. The largest absolute Gasteiger partial charge is 0.467 e. The minimum Gasteiger partial charge on any atom is -0.467 e. The summed E-state index contributed by atoms with van der Waals surface area (Å²) in [4.78, 5) is 14.2. The number of thiophene rings is 1. The first-order chi connectivity index (χ1) is 10.0. The van der Waals surface area contributed by atoms with E-state index in [0.717, 1.165) is 21.5 Å². The third-order valence-electron chi connectivity index (χ3n) is 2.98. The number of carbonyl (C=O) groups excluding carboxylic acids is 1. The van der Waals surface area contributed by atoms with Gasteiger partial charge in [-0.2, -0.15) is 0 Å². The fraction of sp³-hybridized carbons (Fsp3) is 0.267. The Morgan fingerprint density at radius 1 is 1.43 bits per heavy atom. The van der Waals surface area contributed by atoms with Crippen LogP contribution >= 0.6 is 38.9 Å². The summed E-state index contributed by atoms with van der Waals surface area (Å²) >= 11 is 11.0. The van der Waals surface area contributed by atoms with Gasteiger partial charge in [-0.05, 0) is 52.7 Å². The molecule has 21 heavy (non-hydrogen) atoms. The summed E-state index contributed by atoms with van der Waals surface area (Å²) in [5, 5.41) is 3.82. The molecule has 112 valence electrons. The first kappa shape index (κ1) is 16.3. The minimum absolute atomic E-state index is 0.314. The summed E-state index contributed by atoms with van der Waals surface area (Å²) in [6.07, 6.45) is 0.949. The maximum Gasteiger partial charge on any atom is 0.333 e. The number of anilines is 1. The number of halogens is 2. The van der Waals surface area contributed by atoms with E-state index in [1.165, 1.54) is 12.0 Å². The van der Waals surface area contributed by atoms with Gasteiger partial charge < -0.3 is 10.1 Å². The number of benzene rings is 1. The Labute approximate surface area is 141 Å². The van der Waals surface area contributed by atoms with Gasteiger partial charge in [-0.3, -0.25) is 0 Å². The van der Waals surface area contributed by atoms with Crippen LogP contribution in [0.3, 0.4) is 0 Å². The molecular weight excluding hydrogens is 374 g/mol. The summed E-state index contributed by atoms with van der Waals surface area (Å²) in [5.41, 5.74) is 0.799. The second-order valence-electron chi connectivity index (χ2n) is 4.39. The number of hydrogen-bond donors (Lipinski definition) is 1. The number of aryl methyl sites for hydroxylation is 1. The molecule has 2 aromatic rings. The molecule has 0 bridgehead atoms. The van der Waals surface area contributed by atoms with Crippen molar-refractivity contribution in [3.05, 3.63) is 49.6 Å². The van der Waals surface area contributed by atoms with Crippen LogP contribution in [0.25, 0.3) is 0 Å². The van der Waals surface area contributed by atoms with Crippen molar-refractivity contribution in [1.82, 2.24) is 0 Å². The highest BCUT2D eigenvalue weighted by Gasteiger charge is 2.23. The van der Waals surface area contributed by atoms with Crippen molar-refractivity contribution >= 4 is 50.5 Å². The molecule has 0 spiro atoms. The van der Waals surface area contributed by atoms with Crippen LogP contribution in [-0.2, 0) is 16.0 Å². The second-order valence-corrected chi connectivity index (χ2v) is 6.85. The summed E-state index contributed by atoms with van der Waals surface area (Å²) in [7, 11) is 1.39. The third kappa shape index (κ3) is 3.99. The van der Waals surface area contributed by atoms with Gasteiger partial charge in [-0.25, -0.2) is 4.79 Å². The molecule has 0 aliphatic carbocycles. The molecule has 3 nitrogen and oxygen atoms in total. The fourth-order valence-corrected chi connectivity index (χ4v) is 3.34.